The molecule has 0 unspecified atom stereocenters. The van der Waals surface area contributed by atoms with Crippen molar-refractivity contribution in [1.29, 1.82) is 0 Å². The number of rotatable bonds is 8. The predicted molar refractivity (Wildman–Crippen MR) is 130 cm³/mol. The lowest BCUT2D eigenvalue weighted by Crippen LogP contribution is -2.32. The monoisotopic (exact) mass is 417 g/mol. The van der Waals surface area contributed by atoms with Gasteiger partial charge < -0.3 is 4.74 Å². The summed E-state index contributed by atoms with van der Waals surface area (Å²) < 4.78 is 5.41. The van der Waals surface area contributed by atoms with Crippen molar-refractivity contribution in [2.45, 2.75) is 52.6 Å². The van der Waals surface area contributed by atoms with E-state index in [-0.39, 0.29) is 12.5 Å². The molecule has 0 radical (unpaired) electrons. The van der Waals surface area contributed by atoms with Crippen LogP contribution in [0.25, 0.3) is 5.57 Å². The average Bonchev–Trinajstić information content (AvgIpc) is 2.72. The minimum Gasteiger partial charge on any atom is -0.459 e. The Morgan fingerprint density at radius 3 is 2.35 bits per heavy atom. The molecule has 3 heteroatoms. The second-order valence-corrected chi connectivity index (χ2v) is 8.82. The van der Waals surface area contributed by atoms with Crippen LogP contribution >= 0.6 is 0 Å². The van der Waals surface area contributed by atoms with Crippen LogP contribution in [-0.2, 0) is 16.0 Å². The smallest absolute Gasteiger partial charge is 0.320 e. The van der Waals surface area contributed by atoms with Gasteiger partial charge in [0.15, 0.2) is 0 Å². The normalized spacial score (nSPS) is 11.7. The van der Waals surface area contributed by atoms with E-state index in [2.05, 4.69) is 61.2 Å². The molecule has 0 aliphatic heterocycles. The molecule has 3 nitrogen and oxygen atoms in total. The van der Waals surface area contributed by atoms with Gasteiger partial charge in [0, 0.05) is 17.7 Å². The van der Waals surface area contributed by atoms with Gasteiger partial charge in [-0.3, -0.25) is 9.69 Å². The van der Waals surface area contributed by atoms with Gasteiger partial charge in [0.2, 0.25) is 0 Å². The van der Waals surface area contributed by atoms with Gasteiger partial charge in [-0.2, -0.15) is 0 Å². The van der Waals surface area contributed by atoms with Crippen LogP contribution in [0.4, 0.5) is 0 Å². The Morgan fingerprint density at radius 2 is 1.74 bits per heavy atom. The highest BCUT2D eigenvalue weighted by Crippen LogP contribution is 2.14. The predicted octanol–water partition coefficient (Wildman–Crippen LogP) is 5.74. The summed E-state index contributed by atoms with van der Waals surface area (Å²) in [6.07, 6.45) is 5.60. The first-order chi connectivity index (χ1) is 14.8. The van der Waals surface area contributed by atoms with Crippen LogP contribution < -0.4 is 0 Å². The van der Waals surface area contributed by atoms with E-state index in [9.17, 15) is 4.79 Å². The van der Waals surface area contributed by atoms with Crippen LogP contribution in [-0.4, -0.2) is 36.6 Å². The summed E-state index contributed by atoms with van der Waals surface area (Å²) in [6, 6.07) is 18.7. The fourth-order valence-corrected chi connectivity index (χ4v) is 3.04. The molecule has 0 fully saturated rings. The van der Waals surface area contributed by atoms with Crippen molar-refractivity contribution < 1.29 is 9.53 Å². The van der Waals surface area contributed by atoms with Crippen LogP contribution in [0.2, 0.25) is 0 Å². The number of unbranched alkanes of at least 4 members (excludes halogenated alkanes) is 1. The lowest BCUT2D eigenvalue weighted by Gasteiger charge is -2.22. The molecule has 2 aromatic rings. The quantitative estimate of drug-likeness (QED) is 0.405. The van der Waals surface area contributed by atoms with Gasteiger partial charge >= 0.3 is 5.97 Å². The minimum atomic E-state index is -0.472. The maximum absolute atomic E-state index is 12.1. The third-order valence-electron chi connectivity index (χ3n) is 4.63. The average molecular weight is 418 g/mol. The molecule has 0 aliphatic carbocycles. The van der Waals surface area contributed by atoms with E-state index in [1.54, 1.807) is 0 Å². The molecule has 0 saturated carbocycles. The van der Waals surface area contributed by atoms with Crippen LogP contribution in [0.1, 0.15) is 57.2 Å². The lowest BCUT2D eigenvalue weighted by molar-refractivity contribution is -0.155. The third-order valence-corrected chi connectivity index (χ3v) is 4.63. The summed E-state index contributed by atoms with van der Waals surface area (Å²) in [4.78, 5) is 14.0. The van der Waals surface area contributed by atoms with Crippen LogP contribution in [0.3, 0.4) is 0 Å². The topological polar surface area (TPSA) is 29.5 Å². The molecule has 0 bridgehead atoms. The molecule has 164 valence electrons. The summed E-state index contributed by atoms with van der Waals surface area (Å²) in [6.45, 7) is 8.69. The summed E-state index contributed by atoms with van der Waals surface area (Å²) in [5, 5.41) is 0. The summed E-state index contributed by atoms with van der Waals surface area (Å²) in [5.74, 6) is 6.40. The number of ether oxygens (including phenoxy) is 1. The molecule has 0 atom stereocenters. The Hall–Kier alpha value is -2.83. The molecule has 31 heavy (non-hydrogen) atoms. The van der Waals surface area contributed by atoms with Crippen LogP contribution in [0.5, 0.6) is 0 Å². The first-order valence-corrected chi connectivity index (χ1v) is 11.0. The zero-order valence-electron chi connectivity index (χ0n) is 19.6. The fourth-order valence-electron chi connectivity index (χ4n) is 3.04. The maximum atomic E-state index is 12.1. The van der Waals surface area contributed by atoms with Crippen molar-refractivity contribution >= 4 is 11.5 Å². The lowest BCUT2D eigenvalue weighted by atomic mass is 10.0. The second kappa shape index (κ2) is 12.1. The van der Waals surface area contributed by atoms with Crippen LogP contribution in [0.15, 0.2) is 60.7 Å². The SMILES string of the molecule is CCCCc1ccc(C#CC(=CCN(C)CC(=O)OC(C)(C)C)c2ccccc2)cc1. The highest BCUT2D eigenvalue weighted by molar-refractivity contribution is 5.79. The van der Waals surface area contributed by atoms with E-state index in [0.29, 0.717) is 6.54 Å². The van der Waals surface area contributed by atoms with Gasteiger partial charge in [-0.05, 0) is 63.9 Å². The molecule has 0 heterocycles. The van der Waals surface area contributed by atoms with Gasteiger partial charge in [0.1, 0.15) is 5.60 Å². The van der Waals surface area contributed by atoms with Crippen molar-refractivity contribution in [2.24, 2.45) is 0 Å². The summed E-state index contributed by atoms with van der Waals surface area (Å²) in [7, 11) is 1.91. The highest BCUT2D eigenvalue weighted by atomic mass is 16.6. The number of allylic oxidation sites excluding steroid dienone is 1. The van der Waals surface area contributed by atoms with Crippen molar-refractivity contribution in [2.75, 3.05) is 20.1 Å². The molecule has 0 N–H and O–H groups in total. The third kappa shape index (κ3) is 9.68. The number of nitrogens with zero attached hydrogens (tertiary/aromatic N) is 1. The van der Waals surface area contributed by atoms with E-state index in [1.165, 1.54) is 18.4 Å². The standard InChI is InChI=1S/C28H35NO2/c1-6-7-11-23-14-16-24(17-15-23)18-19-26(25-12-9-8-10-13-25)20-21-29(5)22-27(30)31-28(2,3)4/h8-10,12-17,20H,6-7,11,21-22H2,1-5H3. The Morgan fingerprint density at radius 1 is 1.06 bits per heavy atom. The number of hydrogen-bond donors (Lipinski definition) is 0. The molecule has 0 aromatic heterocycles. The van der Waals surface area contributed by atoms with Gasteiger partial charge in [0.05, 0.1) is 6.54 Å². The van der Waals surface area contributed by atoms with Gasteiger partial charge in [0.25, 0.3) is 0 Å². The van der Waals surface area contributed by atoms with Crippen molar-refractivity contribution in [3.63, 3.8) is 0 Å². The molecular formula is C28H35NO2. The van der Waals surface area contributed by atoms with Gasteiger partial charge in [-0.25, -0.2) is 0 Å². The van der Waals surface area contributed by atoms with Gasteiger partial charge in [-0.1, -0.05) is 73.7 Å². The van der Waals surface area contributed by atoms with E-state index in [1.807, 2.05) is 50.9 Å². The number of likely N-dealkylation sites (N-methyl/N-ethyl adjacent to an activating group) is 1. The zero-order chi connectivity index (χ0) is 22.7. The van der Waals surface area contributed by atoms with Crippen molar-refractivity contribution in [3.05, 3.63) is 77.4 Å². The summed E-state index contributed by atoms with van der Waals surface area (Å²) in [5.41, 5.74) is 3.91. The second-order valence-electron chi connectivity index (χ2n) is 8.82. The molecule has 0 amide bonds. The maximum Gasteiger partial charge on any atom is 0.320 e. The molecule has 2 aromatic carbocycles. The Kier molecular flexibility index (Phi) is 9.56. The van der Waals surface area contributed by atoms with Crippen LogP contribution in [0, 0.1) is 11.8 Å². The number of aryl methyl sites for hydroxylation is 1. The van der Waals surface area contributed by atoms with E-state index < -0.39 is 5.60 Å². The molecule has 2 rings (SSSR count). The highest BCUT2D eigenvalue weighted by Gasteiger charge is 2.17. The number of esters is 1. The first-order valence-electron chi connectivity index (χ1n) is 11.0. The fraction of sp³-hybridized carbons (Fsp3) is 0.393. The van der Waals surface area contributed by atoms with Crippen molar-refractivity contribution in [3.8, 4) is 11.8 Å². The number of carbonyl (C=O) groups is 1. The Bertz CT molecular complexity index is 909. The van der Waals surface area contributed by atoms with E-state index in [0.717, 1.165) is 23.1 Å². The Labute approximate surface area is 188 Å². The molecule has 0 spiro atoms. The molecule has 0 aliphatic rings. The minimum absolute atomic E-state index is 0.223. The molecular weight excluding hydrogens is 382 g/mol. The Balaban J connectivity index is 2.12. The zero-order valence-corrected chi connectivity index (χ0v) is 19.6. The van der Waals surface area contributed by atoms with Gasteiger partial charge in [-0.15, -0.1) is 0 Å². The summed E-state index contributed by atoms with van der Waals surface area (Å²) >= 11 is 0. The number of carbonyl (C=O) groups excluding carboxylic acids is 1. The number of benzene rings is 2. The number of hydrogen-bond acceptors (Lipinski definition) is 3. The largest absolute Gasteiger partial charge is 0.459 e. The van der Waals surface area contributed by atoms with E-state index >= 15 is 0 Å². The molecule has 0 saturated heterocycles. The van der Waals surface area contributed by atoms with Crippen molar-refractivity contribution in [1.82, 2.24) is 4.90 Å². The first kappa shape index (κ1) is 24.4. The van der Waals surface area contributed by atoms with E-state index in [4.69, 9.17) is 4.74 Å².